The molecule has 0 saturated heterocycles. The number of anilines is 1. The Bertz CT molecular complexity index is 483. The first-order chi connectivity index (χ1) is 8.86. The van der Waals surface area contributed by atoms with Gasteiger partial charge in [0.15, 0.2) is 9.84 Å². The van der Waals surface area contributed by atoms with Crippen LogP contribution in [0, 0.1) is 0 Å². The summed E-state index contributed by atoms with van der Waals surface area (Å²) >= 11 is 3.52. The SMILES string of the molecule is CCCS(=O)(=O)c1ccc(N(C)CCC(C)Br)cc1. The van der Waals surface area contributed by atoms with Crippen molar-refractivity contribution in [1.82, 2.24) is 0 Å². The van der Waals surface area contributed by atoms with Crippen LogP contribution in [0.15, 0.2) is 29.2 Å². The van der Waals surface area contributed by atoms with Crippen LogP contribution in [0.1, 0.15) is 26.7 Å². The molecule has 0 heterocycles. The number of hydrogen-bond donors (Lipinski definition) is 0. The lowest BCUT2D eigenvalue weighted by Gasteiger charge is -2.20. The van der Waals surface area contributed by atoms with Crippen LogP contribution in [0.2, 0.25) is 0 Å². The zero-order valence-electron chi connectivity index (χ0n) is 11.8. The highest BCUT2D eigenvalue weighted by molar-refractivity contribution is 9.09. The Morgan fingerprint density at radius 3 is 2.32 bits per heavy atom. The van der Waals surface area contributed by atoms with Crippen LogP contribution in [0.3, 0.4) is 0 Å². The lowest BCUT2D eigenvalue weighted by atomic mass is 10.2. The fourth-order valence-electron chi connectivity index (χ4n) is 1.80. The monoisotopic (exact) mass is 347 g/mol. The van der Waals surface area contributed by atoms with Gasteiger partial charge in [0.2, 0.25) is 0 Å². The Kier molecular flexibility index (Phi) is 6.33. The first-order valence-corrected chi connectivity index (χ1v) is 9.11. The third-order valence-electron chi connectivity index (χ3n) is 2.97. The van der Waals surface area contributed by atoms with Gasteiger partial charge in [-0.2, -0.15) is 0 Å². The van der Waals surface area contributed by atoms with Gasteiger partial charge in [-0.25, -0.2) is 8.42 Å². The third kappa shape index (κ3) is 5.15. The van der Waals surface area contributed by atoms with E-state index in [1.807, 2.05) is 26.1 Å². The van der Waals surface area contributed by atoms with E-state index >= 15 is 0 Å². The summed E-state index contributed by atoms with van der Waals surface area (Å²) in [4.78, 5) is 3.04. The molecule has 19 heavy (non-hydrogen) atoms. The van der Waals surface area contributed by atoms with Crippen LogP contribution in [-0.2, 0) is 9.84 Å². The van der Waals surface area contributed by atoms with Crippen molar-refractivity contribution in [1.29, 1.82) is 0 Å². The van der Waals surface area contributed by atoms with Crippen LogP contribution in [-0.4, -0.2) is 32.6 Å². The number of hydrogen-bond acceptors (Lipinski definition) is 3. The van der Waals surface area contributed by atoms with Crippen LogP contribution < -0.4 is 4.90 Å². The van der Waals surface area contributed by atoms with E-state index in [4.69, 9.17) is 0 Å². The van der Waals surface area contributed by atoms with E-state index in [1.165, 1.54) is 0 Å². The van der Waals surface area contributed by atoms with Crippen molar-refractivity contribution >= 4 is 31.5 Å². The average Bonchev–Trinajstić information content (AvgIpc) is 2.36. The van der Waals surface area contributed by atoms with Gasteiger partial charge in [0, 0.05) is 24.1 Å². The predicted molar refractivity (Wildman–Crippen MR) is 85.1 cm³/mol. The molecule has 0 spiro atoms. The lowest BCUT2D eigenvalue weighted by Crippen LogP contribution is -2.20. The normalized spacial score (nSPS) is 13.3. The molecule has 3 nitrogen and oxygen atoms in total. The molecule has 0 radical (unpaired) electrons. The second kappa shape index (κ2) is 7.29. The van der Waals surface area contributed by atoms with Gasteiger partial charge in [-0.1, -0.05) is 29.8 Å². The Hall–Kier alpha value is -0.550. The molecule has 1 aromatic carbocycles. The van der Waals surface area contributed by atoms with Crippen molar-refractivity contribution in [2.45, 2.75) is 36.4 Å². The Morgan fingerprint density at radius 2 is 1.84 bits per heavy atom. The quantitative estimate of drug-likeness (QED) is 0.708. The molecule has 1 aromatic rings. The van der Waals surface area contributed by atoms with Crippen LogP contribution >= 0.6 is 15.9 Å². The zero-order valence-corrected chi connectivity index (χ0v) is 14.2. The van der Waals surface area contributed by atoms with E-state index < -0.39 is 9.84 Å². The summed E-state index contributed by atoms with van der Waals surface area (Å²) in [5.74, 6) is 0.212. The first-order valence-electron chi connectivity index (χ1n) is 6.55. The molecule has 5 heteroatoms. The minimum absolute atomic E-state index is 0.212. The molecule has 1 atom stereocenters. The Morgan fingerprint density at radius 1 is 1.26 bits per heavy atom. The van der Waals surface area contributed by atoms with E-state index in [9.17, 15) is 8.42 Å². The fraction of sp³-hybridized carbons (Fsp3) is 0.571. The highest BCUT2D eigenvalue weighted by Gasteiger charge is 2.13. The van der Waals surface area contributed by atoms with Gasteiger partial charge in [0.05, 0.1) is 10.6 Å². The second-order valence-corrected chi connectivity index (χ2v) is 8.48. The molecular weight excluding hydrogens is 326 g/mol. The minimum atomic E-state index is -3.10. The zero-order chi connectivity index (χ0) is 14.5. The largest absolute Gasteiger partial charge is 0.375 e. The van der Waals surface area contributed by atoms with Crippen LogP contribution in [0.4, 0.5) is 5.69 Å². The molecule has 0 aliphatic rings. The van der Waals surface area contributed by atoms with E-state index in [1.54, 1.807) is 12.1 Å². The topological polar surface area (TPSA) is 37.4 Å². The van der Waals surface area contributed by atoms with Gasteiger partial charge in [-0.05, 0) is 37.1 Å². The molecule has 0 N–H and O–H groups in total. The van der Waals surface area contributed by atoms with Crippen molar-refractivity contribution in [3.8, 4) is 0 Å². The van der Waals surface area contributed by atoms with Gasteiger partial charge < -0.3 is 4.90 Å². The summed E-state index contributed by atoms with van der Waals surface area (Å²) in [5, 5.41) is 0. The van der Waals surface area contributed by atoms with Crippen molar-refractivity contribution in [3.63, 3.8) is 0 Å². The number of sulfone groups is 1. The molecule has 1 rings (SSSR count). The van der Waals surface area contributed by atoms with Crippen molar-refractivity contribution in [2.24, 2.45) is 0 Å². The molecule has 0 fully saturated rings. The first kappa shape index (κ1) is 16.5. The maximum Gasteiger partial charge on any atom is 0.178 e. The number of nitrogens with zero attached hydrogens (tertiary/aromatic N) is 1. The number of halogens is 1. The maximum absolute atomic E-state index is 11.9. The van der Waals surface area contributed by atoms with Crippen molar-refractivity contribution in [3.05, 3.63) is 24.3 Å². The molecule has 0 bridgehead atoms. The smallest absolute Gasteiger partial charge is 0.178 e. The summed E-state index contributed by atoms with van der Waals surface area (Å²) in [5.41, 5.74) is 1.04. The Labute approximate surface area is 125 Å². The Balaban J connectivity index is 2.76. The molecule has 108 valence electrons. The molecule has 0 aliphatic heterocycles. The van der Waals surface area contributed by atoms with E-state index in [2.05, 4.69) is 27.8 Å². The predicted octanol–water partition coefficient (Wildman–Crippen LogP) is 3.48. The molecule has 0 saturated carbocycles. The van der Waals surface area contributed by atoms with Gasteiger partial charge in [0.1, 0.15) is 0 Å². The second-order valence-electron chi connectivity index (χ2n) is 4.80. The van der Waals surface area contributed by atoms with Gasteiger partial charge >= 0.3 is 0 Å². The highest BCUT2D eigenvalue weighted by atomic mass is 79.9. The third-order valence-corrected chi connectivity index (χ3v) is 5.37. The maximum atomic E-state index is 11.9. The summed E-state index contributed by atoms with van der Waals surface area (Å²) in [6.07, 6.45) is 1.69. The van der Waals surface area contributed by atoms with Crippen molar-refractivity contribution in [2.75, 3.05) is 24.2 Å². The van der Waals surface area contributed by atoms with Gasteiger partial charge in [0.25, 0.3) is 0 Å². The summed E-state index contributed by atoms with van der Waals surface area (Å²) in [6, 6.07) is 7.16. The van der Waals surface area contributed by atoms with Gasteiger partial charge in [-0.3, -0.25) is 0 Å². The molecule has 0 aromatic heterocycles. The molecule has 0 amide bonds. The van der Waals surface area contributed by atoms with Crippen LogP contribution in [0.25, 0.3) is 0 Å². The summed E-state index contributed by atoms with van der Waals surface area (Å²) < 4.78 is 23.8. The highest BCUT2D eigenvalue weighted by Crippen LogP contribution is 2.19. The minimum Gasteiger partial charge on any atom is -0.375 e. The average molecular weight is 348 g/mol. The molecule has 1 unspecified atom stereocenters. The van der Waals surface area contributed by atoms with Crippen molar-refractivity contribution < 1.29 is 8.42 Å². The van der Waals surface area contributed by atoms with E-state index in [0.29, 0.717) is 16.1 Å². The number of rotatable bonds is 7. The lowest BCUT2D eigenvalue weighted by molar-refractivity contribution is 0.594. The van der Waals surface area contributed by atoms with Gasteiger partial charge in [-0.15, -0.1) is 0 Å². The summed E-state index contributed by atoms with van der Waals surface area (Å²) in [6.45, 7) is 4.93. The van der Waals surface area contributed by atoms with E-state index in [0.717, 1.165) is 18.7 Å². The van der Waals surface area contributed by atoms with Crippen LogP contribution in [0.5, 0.6) is 0 Å². The standard InChI is InChI=1S/C14H22BrNO2S/c1-4-11-19(17,18)14-7-5-13(6-8-14)16(3)10-9-12(2)15/h5-8,12H,4,9-11H2,1-3H3. The summed E-state index contributed by atoms with van der Waals surface area (Å²) in [7, 11) is -1.09. The number of alkyl halides is 1. The van der Waals surface area contributed by atoms with E-state index in [-0.39, 0.29) is 5.75 Å². The molecular formula is C14H22BrNO2S. The number of benzene rings is 1. The fourth-order valence-corrected chi connectivity index (χ4v) is 3.32. The molecule has 0 aliphatic carbocycles.